The molecule has 2 aromatic heterocycles. The summed E-state index contributed by atoms with van der Waals surface area (Å²) < 4.78 is 12.7. The van der Waals surface area contributed by atoms with Crippen LogP contribution in [0.2, 0.25) is 10.0 Å². The van der Waals surface area contributed by atoms with Crippen LogP contribution in [0.25, 0.3) is 0 Å². The second-order valence-corrected chi connectivity index (χ2v) is 16.8. The molecule has 0 amide bonds. The van der Waals surface area contributed by atoms with Gasteiger partial charge in [0.05, 0.1) is 23.6 Å². The average molecular weight is 964 g/mol. The zero-order valence-electron chi connectivity index (χ0n) is 36.9. The standard InChI is InChI=1S/C18H14O8.2C17H19ClN2O/c19-13(11-7-3-1-4-8-11)17(25,15(21)22)18(26,16(23)24)14(20)12-9-5-2-6-10-12;2*18-14-6-4-13(5-7-14)17(16-3-1-2-10-20-16)21-15-8-11-19-12-9-15/h1-10,25-26H,(H,21,22)(H,23,24);2*1-7,10,15,17,19H,8-9,11-12H2/t;2*17-/m.00/s1. The molecule has 14 nitrogen and oxygen atoms in total. The minimum atomic E-state index is -3.95. The number of hydrogen-bond acceptors (Lipinski definition) is 12. The first-order valence-electron chi connectivity index (χ1n) is 22.0. The van der Waals surface area contributed by atoms with Crippen LogP contribution >= 0.6 is 23.2 Å². The molecule has 6 N–H and O–H groups in total. The molecule has 2 aliphatic heterocycles. The Hall–Kier alpha value is -6.20. The van der Waals surface area contributed by atoms with Gasteiger partial charge in [-0.2, -0.15) is 0 Å². The molecule has 0 aliphatic carbocycles. The fraction of sp³-hybridized carbons (Fsp3) is 0.269. The highest BCUT2D eigenvalue weighted by molar-refractivity contribution is 6.31. The van der Waals surface area contributed by atoms with Crippen molar-refractivity contribution in [2.45, 2.75) is 61.3 Å². The topological polar surface area (TPSA) is 217 Å². The number of hydrogen-bond donors (Lipinski definition) is 6. The number of carbonyl (C=O) groups excluding carboxylic acids is 2. The molecule has 0 bridgehead atoms. The predicted molar refractivity (Wildman–Crippen MR) is 256 cm³/mol. The molecule has 0 saturated carbocycles. The Kier molecular flexibility index (Phi) is 18.6. The summed E-state index contributed by atoms with van der Waals surface area (Å²) in [6.07, 6.45) is 8.05. The maximum absolute atomic E-state index is 12.6. The van der Waals surface area contributed by atoms with E-state index < -0.39 is 45.8 Å². The second kappa shape index (κ2) is 24.7. The van der Waals surface area contributed by atoms with Crippen LogP contribution in [0.5, 0.6) is 0 Å². The Balaban J connectivity index is 0.000000169. The highest BCUT2D eigenvalue weighted by Gasteiger charge is 2.69. The van der Waals surface area contributed by atoms with Crippen molar-refractivity contribution in [2.75, 3.05) is 26.2 Å². The molecule has 0 radical (unpaired) electrons. The summed E-state index contributed by atoms with van der Waals surface area (Å²) in [5.74, 6) is -8.03. The van der Waals surface area contributed by atoms with Crippen LogP contribution in [-0.2, 0) is 19.1 Å². The Morgan fingerprint density at radius 1 is 0.500 bits per heavy atom. The van der Waals surface area contributed by atoms with Crippen LogP contribution in [0, 0.1) is 0 Å². The molecule has 4 atom stereocenters. The molecule has 2 saturated heterocycles. The lowest BCUT2D eigenvalue weighted by molar-refractivity contribution is -0.187. The second-order valence-electron chi connectivity index (χ2n) is 16.0. The van der Waals surface area contributed by atoms with Crippen molar-refractivity contribution >= 4 is 46.7 Å². The minimum Gasteiger partial charge on any atom is -0.479 e. The summed E-state index contributed by atoms with van der Waals surface area (Å²) in [6, 6.07) is 40.4. The summed E-state index contributed by atoms with van der Waals surface area (Å²) in [6.45, 7) is 4.06. The van der Waals surface area contributed by atoms with Gasteiger partial charge in [-0.1, -0.05) is 120 Å². The van der Waals surface area contributed by atoms with Gasteiger partial charge in [-0.15, -0.1) is 0 Å². The number of pyridine rings is 2. The molecule has 16 heteroatoms. The number of nitrogens with one attached hydrogen (secondary N) is 2. The van der Waals surface area contributed by atoms with Crippen LogP contribution < -0.4 is 10.6 Å². The van der Waals surface area contributed by atoms with E-state index in [0.29, 0.717) is 0 Å². The van der Waals surface area contributed by atoms with Gasteiger partial charge in [-0.3, -0.25) is 19.6 Å². The van der Waals surface area contributed by atoms with Crippen molar-refractivity contribution in [3.63, 3.8) is 0 Å². The van der Waals surface area contributed by atoms with Gasteiger partial charge in [-0.25, -0.2) is 9.59 Å². The normalized spacial score (nSPS) is 16.7. The van der Waals surface area contributed by atoms with Crippen molar-refractivity contribution in [3.05, 3.63) is 202 Å². The molecular weight excluding hydrogens is 911 g/mol. The van der Waals surface area contributed by atoms with Gasteiger partial charge >= 0.3 is 11.9 Å². The number of carboxylic acids is 2. The SMILES string of the molecule is Clc1ccc([C@H](OC2CCNCC2)c2ccccn2)cc1.Clc1ccc([C@H](OC2CCNCC2)c2ccccn2)cc1.O=C(O)C(O)(C(=O)c1ccccc1)C(O)(C(=O)O)C(=O)c1ccccc1. The first kappa shape index (κ1) is 51.2. The number of aliphatic hydroxyl groups is 2. The zero-order valence-corrected chi connectivity index (χ0v) is 38.4. The van der Waals surface area contributed by atoms with Crippen LogP contribution in [-0.4, -0.2) is 103 Å². The number of carbonyl (C=O) groups is 4. The smallest absolute Gasteiger partial charge is 0.348 e. The van der Waals surface area contributed by atoms with Crippen molar-refractivity contribution in [2.24, 2.45) is 0 Å². The van der Waals surface area contributed by atoms with Crippen LogP contribution in [0.4, 0.5) is 0 Å². The van der Waals surface area contributed by atoms with Crippen molar-refractivity contribution < 1.29 is 49.1 Å². The number of carboxylic acid groups (broad SMARTS) is 2. The molecule has 2 aliphatic rings. The Morgan fingerprint density at radius 3 is 1.12 bits per heavy atom. The number of nitrogens with zero attached hydrogens (tertiary/aromatic N) is 2. The van der Waals surface area contributed by atoms with Gasteiger partial charge in [0.2, 0.25) is 11.6 Å². The lowest BCUT2D eigenvalue weighted by Crippen LogP contribution is -2.71. The van der Waals surface area contributed by atoms with Gasteiger partial charge in [0, 0.05) is 33.6 Å². The quantitative estimate of drug-likeness (QED) is 0.0432. The van der Waals surface area contributed by atoms with E-state index in [-0.39, 0.29) is 24.4 Å². The van der Waals surface area contributed by atoms with Gasteiger partial charge in [0.1, 0.15) is 12.2 Å². The van der Waals surface area contributed by atoms with Crippen LogP contribution in [0.3, 0.4) is 0 Å². The van der Waals surface area contributed by atoms with E-state index in [2.05, 4.69) is 20.6 Å². The molecule has 2 unspecified atom stereocenters. The maximum Gasteiger partial charge on any atom is 0.348 e. The molecule has 2 fully saturated rings. The minimum absolute atomic E-state index is 0.133. The van der Waals surface area contributed by atoms with Gasteiger partial charge in [0.15, 0.2) is 0 Å². The van der Waals surface area contributed by atoms with E-state index in [1.807, 2.05) is 97.3 Å². The molecular formula is C52H52Cl2N4O10. The van der Waals surface area contributed by atoms with E-state index in [9.17, 15) is 39.6 Å². The highest BCUT2D eigenvalue weighted by Crippen LogP contribution is 2.33. The molecule has 8 rings (SSSR count). The molecule has 6 aromatic rings. The molecule has 4 aromatic carbocycles. The maximum atomic E-state index is 12.6. The number of rotatable bonds is 15. The van der Waals surface area contributed by atoms with E-state index in [4.69, 9.17) is 32.7 Å². The summed E-state index contributed by atoms with van der Waals surface area (Å²) in [7, 11) is 0. The predicted octanol–water partition coefficient (Wildman–Crippen LogP) is 7.57. The Bertz CT molecular complexity index is 2360. The van der Waals surface area contributed by atoms with Crippen LogP contribution in [0.15, 0.2) is 158 Å². The van der Waals surface area contributed by atoms with Gasteiger partial charge in [0.25, 0.3) is 11.2 Å². The number of aliphatic carboxylic acids is 2. The Labute approximate surface area is 403 Å². The van der Waals surface area contributed by atoms with Crippen molar-refractivity contribution in [1.29, 1.82) is 0 Å². The lowest BCUT2D eigenvalue weighted by atomic mass is 9.73. The van der Waals surface area contributed by atoms with Crippen molar-refractivity contribution in [1.82, 2.24) is 20.6 Å². The molecule has 0 spiro atoms. The molecule has 354 valence electrons. The summed E-state index contributed by atoms with van der Waals surface area (Å²) in [4.78, 5) is 57.5. The number of piperidine rings is 2. The summed E-state index contributed by atoms with van der Waals surface area (Å²) in [5, 5.41) is 48.1. The molecule has 68 heavy (non-hydrogen) atoms. The summed E-state index contributed by atoms with van der Waals surface area (Å²) >= 11 is 12.0. The third-order valence-electron chi connectivity index (χ3n) is 11.4. The van der Waals surface area contributed by atoms with Gasteiger partial charge < -0.3 is 40.5 Å². The highest BCUT2D eigenvalue weighted by atomic mass is 35.5. The monoisotopic (exact) mass is 962 g/mol. The first-order chi connectivity index (χ1) is 32.8. The number of halogens is 2. The van der Waals surface area contributed by atoms with E-state index in [1.165, 1.54) is 36.4 Å². The van der Waals surface area contributed by atoms with E-state index in [1.54, 1.807) is 0 Å². The van der Waals surface area contributed by atoms with Crippen molar-refractivity contribution in [3.8, 4) is 0 Å². The number of benzene rings is 4. The van der Waals surface area contributed by atoms with Gasteiger partial charge in [-0.05, 0) is 112 Å². The number of aromatic nitrogens is 2. The number of ketones is 2. The fourth-order valence-electron chi connectivity index (χ4n) is 7.65. The largest absolute Gasteiger partial charge is 0.479 e. The van der Waals surface area contributed by atoms with Crippen LogP contribution in [0.1, 0.15) is 81.1 Å². The lowest BCUT2D eigenvalue weighted by Gasteiger charge is -2.34. The van der Waals surface area contributed by atoms with E-state index >= 15 is 0 Å². The fourth-order valence-corrected chi connectivity index (χ4v) is 7.90. The average Bonchev–Trinajstić information content (AvgIpc) is 3.39. The molecule has 4 heterocycles. The third kappa shape index (κ3) is 12.9. The third-order valence-corrected chi connectivity index (χ3v) is 11.9. The first-order valence-corrected chi connectivity index (χ1v) is 22.7. The number of ether oxygens (including phenoxy) is 2. The summed E-state index contributed by atoms with van der Waals surface area (Å²) in [5.41, 5.74) is -4.61. The Morgan fingerprint density at radius 2 is 0.824 bits per heavy atom. The van der Waals surface area contributed by atoms with E-state index in [0.717, 1.165) is 109 Å². The number of Topliss-reactive ketones (excluding diaryl/α,β-unsaturated/α-hetero) is 2. The zero-order chi connectivity index (χ0) is 48.5.